The van der Waals surface area contributed by atoms with Gasteiger partial charge in [-0.3, -0.25) is 24.0 Å². The number of allylic oxidation sites excluding steroid dienone is 4. The molecule has 1 amide bonds. The second-order valence-electron chi connectivity index (χ2n) is 16.3. The third-order valence-corrected chi connectivity index (χ3v) is 11.6. The maximum atomic E-state index is 14.8. The number of hydrogen-bond acceptors (Lipinski definition) is 14. The number of amides is 1. The molecule has 0 unspecified atom stereocenters. The quantitative estimate of drug-likeness (QED) is 0.262. The smallest absolute Gasteiger partial charge is 0.343 e. The Morgan fingerprint density at radius 2 is 1.60 bits per heavy atom. The fourth-order valence-corrected chi connectivity index (χ4v) is 7.98. The van der Waals surface area contributed by atoms with E-state index in [0.717, 1.165) is 18.4 Å². The molecule has 332 valence electrons. The van der Waals surface area contributed by atoms with Crippen molar-refractivity contribution in [2.75, 3.05) is 21.2 Å². The van der Waals surface area contributed by atoms with Crippen LogP contribution >= 0.6 is 0 Å². The molecule has 2 aromatic carbocycles. The van der Waals surface area contributed by atoms with Crippen LogP contribution in [-0.2, 0) is 23.8 Å². The van der Waals surface area contributed by atoms with Crippen molar-refractivity contribution in [3.63, 3.8) is 0 Å². The molecule has 16 heteroatoms. The molecule has 0 radical (unpaired) electrons. The number of ketones is 3. The topological polar surface area (TPSA) is 204 Å². The van der Waals surface area contributed by atoms with Crippen LogP contribution < -0.4 is 14.8 Å². The van der Waals surface area contributed by atoms with E-state index in [1.54, 1.807) is 33.8 Å². The molecule has 0 spiro atoms. The molecule has 15 nitrogen and oxygen atoms in total. The highest BCUT2D eigenvalue weighted by molar-refractivity contribution is 6.32. The molecule has 62 heavy (non-hydrogen) atoms. The van der Waals surface area contributed by atoms with E-state index >= 15 is 0 Å². The molecule has 0 saturated carbocycles. The molecular weight excluding hydrogens is 808 g/mol. The average molecular weight is 861 g/mol. The SMILES string of the molecule is CO[C@H]1/C=C\O[C@@]2(C)Oc3c(C)c(OC(=O)c4cccc(F)c4)c4c(c3C2=O)C(=O)C(N(C)C)=C(NC(=O)/C(C)=C\C=C/[C@H](C)[C@H](O)[C@@H](C)[C@H](O)[C@H](C)[C@H](OC(C)=O)[C@@H]1C)C4=O. The molecule has 0 saturated heterocycles. The highest BCUT2D eigenvalue weighted by atomic mass is 19.1. The lowest BCUT2D eigenvalue weighted by Crippen LogP contribution is -2.46. The second kappa shape index (κ2) is 18.6. The first kappa shape index (κ1) is 47.1. The number of ether oxygens (including phenoxy) is 5. The minimum Gasteiger partial charge on any atom is -0.462 e. The average Bonchev–Trinajstić information content (AvgIpc) is 3.48. The van der Waals surface area contributed by atoms with E-state index in [-0.39, 0.29) is 33.7 Å². The predicted octanol–water partition coefficient (Wildman–Crippen LogP) is 5.17. The molecule has 5 bridgehead atoms. The van der Waals surface area contributed by atoms with Crippen molar-refractivity contribution in [3.05, 3.63) is 105 Å². The summed E-state index contributed by atoms with van der Waals surface area (Å²) < 4.78 is 43.6. The van der Waals surface area contributed by atoms with Gasteiger partial charge in [0.25, 0.3) is 11.7 Å². The Morgan fingerprint density at radius 3 is 2.21 bits per heavy atom. The minimum atomic E-state index is -2.19. The fourth-order valence-electron chi connectivity index (χ4n) is 7.98. The summed E-state index contributed by atoms with van der Waals surface area (Å²) in [6, 6.07) is 4.59. The summed E-state index contributed by atoms with van der Waals surface area (Å²) in [6.45, 7) is 12.1. The summed E-state index contributed by atoms with van der Waals surface area (Å²) in [4.78, 5) is 85.1. The van der Waals surface area contributed by atoms with Crippen LogP contribution in [0.5, 0.6) is 11.5 Å². The minimum absolute atomic E-state index is 0.0642. The van der Waals surface area contributed by atoms with Gasteiger partial charge in [-0.05, 0) is 38.1 Å². The molecule has 6 rings (SSSR count). The molecule has 3 aliphatic heterocycles. The van der Waals surface area contributed by atoms with Gasteiger partial charge >= 0.3 is 17.7 Å². The number of Topliss-reactive ketones (excluding diaryl/α,β-unsaturated/α-hetero) is 3. The molecule has 9 atom stereocenters. The monoisotopic (exact) mass is 860 g/mol. The van der Waals surface area contributed by atoms with Crippen LogP contribution in [0.1, 0.15) is 95.5 Å². The van der Waals surface area contributed by atoms with Crippen LogP contribution in [-0.4, -0.2) is 102 Å². The largest absolute Gasteiger partial charge is 0.462 e. The first-order valence-corrected chi connectivity index (χ1v) is 20.1. The summed E-state index contributed by atoms with van der Waals surface area (Å²) >= 11 is 0. The molecule has 3 N–H and O–H groups in total. The first-order chi connectivity index (χ1) is 29.1. The van der Waals surface area contributed by atoms with Gasteiger partial charge in [-0.25, -0.2) is 9.18 Å². The van der Waals surface area contributed by atoms with E-state index in [9.17, 15) is 43.4 Å². The zero-order valence-electron chi connectivity index (χ0n) is 36.5. The lowest BCUT2D eigenvalue weighted by atomic mass is 9.78. The number of benzene rings is 2. The number of hydrogen-bond donors (Lipinski definition) is 3. The fraction of sp³-hybridized carbons (Fsp3) is 0.435. The van der Waals surface area contributed by atoms with E-state index < -0.39 is 117 Å². The number of likely N-dealkylation sites (N-methyl/N-ethyl adjacent to an activating group) is 1. The van der Waals surface area contributed by atoms with E-state index in [0.29, 0.717) is 0 Å². The van der Waals surface area contributed by atoms with Gasteiger partial charge in [-0.2, -0.15) is 0 Å². The number of fused-ring (bicyclic) bond motifs is 14. The molecular formula is C46H53FN2O13. The summed E-state index contributed by atoms with van der Waals surface area (Å²) in [6.07, 6.45) is 3.06. The summed E-state index contributed by atoms with van der Waals surface area (Å²) in [5.41, 5.74) is -2.36. The third kappa shape index (κ3) is 8.99. The highest BCUT2D eigenvalue weighted by Crippen LogP contribution is 2.49. The van der Waals surface area contributed by atoms with Crippen LogP contribution in [0, 0.1) is 36.4 Å². The lowest BCUT2D eigenvalue weighted by Gasteiger charge is -2.38. The Bertz CT molecular complexity index is 2310. The normalized spacial score (nSPS) is 30.1. The number of methoxy groups -OCH3 is 1. The van der Waals surface area contributed by atoms with E-state index in [4.69, 9.17) is 23.7 Å². The number of aliphatic hydroxyl groups is 2. The highest BCUT2D eigenvalue weighted by Gasteiger charge is 2.53. The lowest BCUT2D eigenvalue weighted by molar-refractivity contribution is -0.160. The van der Waals surface area contributed by atoms with Gasteiger partial charge < -0.3 is 44.1 Å². The van der Waals surface area contributed by atoms with Crippen LogP contribution in [0.4, 0.5) is 4.39 Å². The van der Waals surface area contributed by atoms with Crippen LogP contribution in [0.15, 0.2) is 71.8 Å². The number of aliphatic hydroxyl groups excluding tert-OH is 2. The maximum absolute atomic E-state index is 14.8. The standard InChI is InChI=1S/C46H53FN2O13/c1-21-14-12-15-22(2)44(56)48-34-35(49(9)10)39(54)31-32(38(34)53)41(61-45(57)28-16-13-17-29(47)20-28)26(6)42-33(31)43(55)46(8,62-42)59-19-18-30(58-11)23(3)40(60-27(7)50)25(5)37(52)24(4)36(21)51/h12-21,23-25,30,36-37,40,51-52H,1-11H3,(H,48,56)/b14-12-,19-18-,22-15-/t21-,23+,24+,25-,30-,36-,37-,40+,46-/m0/s1. The Morgan fingerprint density at radius 1 is 0.919 bits per heavy atom. The molecule has 2 aromatic rings. The number of nitrogens with zero attached hydrogens (tertiary/aromatic N) is 1. The van der Waals surface area contributed by atoms with Gasteiger partial charge in [-0.1, -0.05) is 52.0 Å². The van der Waals surface area contributed by atoms with Crippen LogP contribution in [0.2, 0.25) is 0 Å². The van der Waals surface area contributed by atoms with Gasteiger partial charge in [0.05, 0.1) is 46.8 Å². The van der Waals surface area contributed by atoms with E-state index in [1.165, 1.54) is 84.2 Å². The van der Waals surface area contributed by atoms with Crippen molar-refractivity contribution in [2.45, 2.75) is 85.6 Å². The van der Waals surface area contributed by atoms with Crippen LogP contribution in [0.25, 0.3) is 0 Å². The Kier molecular flexibility index (Phi) is 14.1. The van der Waals surface area contributed by atoms with Gasteiger partial charge in [0.1, 0.15) is 34.8 Å². The number of carbonyl (C=O) groups excluding carboxylic acids is 6. The number of esters is 2. The molecule has 4 aliphatic rings. The van der Waals surface area contributed by atoms with Crippen molar-refractivity contribution >= 4 is 35.2 Å². The number of carbonyl (C=O) groups is 6. The molecule has 0 fully saturated rings. The van der Waals surface area contributed by atoms with Gasteiger partial charge in [0.2, 0.25) is 11.6 Å². The Hall–Kier alpha value is -5.97. The molecule has 1 aliphatic carbocycles. The van der Waals surface area contributed by atoms with Crippen molar-refractivity contribution in [1.82, 2.24) is 10.2 Å². The summed E-state index contributed by atoms with van der Waals surface area (Å²) in [7, 11) is 4.31. The van der Waals surface area contributed by atoms with Crippen molar-refractivity contribution in [1.29, 1.82) is 0 Å². The van der Waals surface area contributed by atoms with Crippen molar-refractivity contribution in [3.8, 4) is 11.5 Å². The van der Waals surface area contributed by atoms with Gasteiger partial charge in [-0.15, -0.1) is 0 Å². The van der Waals surface area contributed by atoms with E-state index in [2.05, 4.69) is 5.32 Å². The number of halogens is 1. The van der Waals surface area contributed by atoms with Gasteiger partial charge in [0, 0.05) is 69.9 Å². The molecule has 3 heterocycles. The Balaban J connectivity index is 1.73. The number of nitrogens with one attached hydrogen (secondary N) is 1. The number of rotatable bonds is 5. The maximum Gasteiger partial charge on any atom is 0.343 e. The first-order valence-electron chi connectivity index (χ1n) is 20.1. The summed E-state index contributed by atoms with van der Waals surface area (Å²) in [5.74, 6) is -11.6. The third-order valence-electron chi connectivity index (χ3n) is 11.6. The zero-order chi connectivity index (χ0) is 46.1. The van der Waals surface area contributed by atoms with Crippen molar-refractivity contribution in [2.24, 2.45) is 23.7 Å². The van der Waals surface area contributed by atoms with Gasteiger partial charge in [0.15, 0.2) is 0 Å². The second-order valence-corrected chi connectivity index (χ2v) is 16.3. The van der Waals surface area contributed by atoms with Crippen molar-refractivity contribution < 1.29 is 67.1 Å². The van der Waals surface area contributed by atoms with Crippen LogP contribution in [0.3, 0.4) is 0 Å². The zero-order valence-corrected chi connectivity index (χ0v) is 36.5. The molecule has 0 aromatic heterocycles. The Labute approximate surface area is 359 Å². The van der Waals surface area contributed by atoms with E-state index in [1.807, 2.05) is 0 Å². The predicted molar refractivity (Wildman–Crippen MR) is 222 cm³/mol. The summed E-state index contributed by atoms with van der Waals surface area (Å²) in [5, 5.41) is 25.4.